The number of rotatable bonds is 2. The first-order chi connectivity index (χ1) is 13.1. The van der Waals surface area contributed by atoms with E-state index in [1.54, 1.807) is 24.3 Å². The van der Waals surface area contributed by atoms with Gasteiger partial charge in [-0.1, -0.05) is 24.3 Å². The topological polar surface area (TPSA) is 67.9 Å². The summed E-state index contributed by atoms with van der Waals surface area (Å²) in [4.78, 5) is 15.2. The molecule has 0 amide bonds. The standard InChI is InChI=1S/C23H19N3O/c1-26-11-10-21(12-17-2-6-19(14-24)7-3-17)23(27)22(16-26)13-18-4-8-20(15-25)9-5-18/h2-9,12-13H,10-11,16H2,1H3/b21-12-,22-13+. The van der Waals surface area contributed by atoms with Gasteiger partial charge in [0.15, 0.2) is 5.78 Å². The Hall–Kier alpha value is -3.47. The van der Waals surface area contributed by atoms with Gasteiger partial charge in [0.1, 0.15) is 0 Å². The lowest BCUT2D eigenvalue weighted by Gasteiger charge is -2.12. The molecule has 0 atom stereocenters. The molecule has 4 heteroatoms. The van der Waals surface area contributed by atoms with Gasteiger partial charge in [0.05, 0.1) is 23.3 Å². The third-order valence-electron chi connectivity index (χ3n) is 4.55. The molecule has 0 unspecified atom stereocenters. The van der Waals surface area contributed by atoms with E-state index in [4.69, 9.17) is 10.5 Å². The Morgan fingerprint density at radius 1 is 0.852 bits per heavy atom. The van der Waals surface area contributed by atoms with Crippen LogP contribution in [0.25, 0.3) is 12.2 Å². The van der Waals surface area contributed by atoms with Crippen molar-refractivity contribution in [2.24, 2.45) is 0 Å². The zero-order valence-electron chi connectivity index (χ0n) is 15.1. The summed E-state index contributed by atoms with van der Waals surface area (Å²) in [7, 11) is 2.00. The quantitative estimate of drug-likeness (QED) is 0.770. The number of hydrogen-bond acceptors (Lipinski definition) is 4. The number of Topliss-reactive ketones (excluding diaryl/α,β-unsaturated/α-hetero) is 1. The molecule has 0 saturated carbocycles. The molecule has 3 rings (SSSR count). The Bertz CT molecular complexity index is 984. The van der Waals surface area contributed by atoms with Crippen molar-refractivity contribution in [1.29, 1.82) is 10.5 Å². The number of likely N-dealkylation sites (tertiary alicyclic amines) is 1. The summed E-state index contributed by atoms with van der Waals surface area (Å²) in [5.74, 6) is 0.0491. The van der Waals surface area contributed by atoms with Crippen molar-refractivity contribution in [2.45, 2.75) is 6.42 Å². The minimum Gasteiger partial charge on any atom is -0.302 e. The second kappa shape index (κ2) is 8.27. The Kier molecular flexibility index (Phi) is 5.61. The third-order valence-corrected chi connectivity index (χ3v) is 4.55. The lowest BCUT2D eigenvalue weighted by molar-refractivity contribution is -0.112. The maximum absolute atomic E-state index is 13.1. The Labute approximate surface area is 159 Å². The fourth-order valence-electron chi connectivity index (χ4n) is 3.03. The summed E-state index contributed by atoms with van der Waals surface area (Å²) in [5, 5.41) is 17.8. The van der Waals surface area contributed by atoms with Gasteiger partial charge in [-0.3, -0.25) is 4.79 Å². The minimum absolute atomic E-state index is 0.0491. The molecule has 27 heavy (non-hydrogen) atoms. The van der Waals surface area contributed by atoms with E-state index in [-0.39, 0.29) is 5.78 Å². The number of hydrogen-bond donors (Lipinski definition) is 0. The third kappa shape index (κ3) is 4.58. The van der Waals surface area contributed by atoms with Crippen molar-refractivity contribution < 1.29 is 4.79 Å². The normalized spacial score (nSPS) is 18.1. The van der Waals surface area contributed by atoms with Crippen molar-refractivity contribution >= 4 is 17.9 Å². The molecule has 0 radical (unpaired) electrons. The van der Waals surface area contributed by atoms with Crippen LogP contribution in [0.4, 0.5) is 0 Å². The van der Waals surface area contributed by atoms with Crippen LogP contribution in [-0.2, 0) is 4.79 Å². The molecular weight excluding hydrogens is 334 g/mol. The van der Waals surface area contributed by atoms with E-state index >= 15 is 0 Å². The molecule has 1 heterocycles. The van der Waals surface area contributed by atoms with E-state index in [0.29, 0.717) is 24.1 Å². The second-order valence-electron chi connectivity index (χ2n) is 6.62. The summed E-state index contributed by atoms with van der Waals surface area (Å²) in [5.41, 5.74) is 4.53. The number of carbonyl (C=O) groups excluding carboxylic acids is 1. The van der Waals surface area contributed by atoms with Crippen LogP contribution in [0.15, 0.2) is 59.7 Å². The molecule has 1 aliphatic rings. The molecule has 0 spiro atoms. The monoisotopic (exact) mass is 353 g/mol. The van der Waals surface area contributed by atoms with Crippen LogP contribution in [0.2, 0.25) is 0 Å². The Morgan fingerprint density at radius 3 is 1.81 bits per heavy atom. The molecular formula is C23H19N3O. The lowest BCUT2D eigenvalue weighted by atomic mass is 9.98. The maximum Gasteiger partial charge on any atom is 0.186 e. The van der Waals surface area contributed by atoms with Crippen LogP contribution in [0.1, 0.15) is 28.7 Å². The zero-order valence-corrected chi connectivity index (χ0v) is 15.1. The highest BCUT2D eigenvalue weighted by Crippen LogP contribution is 2.22. The smallest absolute Gasteiger partial charge is 0.186 e. The first-order valence-electron chi connectivity index (χ1n) is 8.74. The van der Waals surface area contributed by atoms with Crippen molar-refractivity contribution in [3.8, 4) is 12.1 Å². The maximum atomic E-state index is 13.1. The van der Waals surface area contributed by atoms with Gasteiger partial charge >= 0.3 is 0 Å². The van der Waals surface area contributed by atoms with Crippen LogP contribution in [-0.4, -0.2) is 30.8 Å². The van der Waals surface area contributed by atoms with Crippen molar-refractivity contribution in [3.63, 3.8) is 0 Å². The number of carbonyl (C=O) groups is 1. The molecule has 4 nitrogen and oxygen atoms in total. The molecule has 0 aromatic heterocycles. The molecule has 0 bridgehead atoms. The predicted octanol–water partition coefficient (Wildman–Crippen LogP) is 3.80. The number of benzene rings is 2. The van der Waals surface area contributed by atoms with Gasteiger partial charge in [-0.05, 0) is 61.0 Å². The predicted molar refractivity (Wildman–Crippen MR) is 105 cm³/mol. The van der Waals surface area contributed by atoms with E-state index < -0.39 is 0 Å². The van der Waals surface area contributed by atoms with Crippen LogP contribution in [0, 0.1) is 22.7 Å². The molecule has 0 N–H and O–H groups in total. The lowest BCUT2D eigenvalue weighted by Crippen LogP contribution is -2.20. The van der Waals surface area contributed by atoms with E-state index in [1.165, 1.54) is 0 Å². The fraction of sp³-hybridized carbons (Fsp3) is 0.174. The average Bonchev–Trinajstić information content (AvgIpc) is 2.83. The number of ketones is 1. The van der Waals surface area contributed by atoms with E-state index in [9.17, 15) is 4.79 Å². The highest BCUT2D eigenvalue weighted by atomic mass is 16.1. The van der Waals surface area contributed by atoms with Gasteiger partial charge in [-0.2, -0.15) is 10.5 Å². The van der Waals surface area contributed by atoms with Gasteiger partial charge in [0.25, 0.3) is 0 Å². The van der Waals surface area contributed by atoms with Gasteiger partial charge in [-0.15, -0.1) is 0 Å². The van der Waals surface area contributed by atoms with Gasteiger partial charge in [0.2, 0.25) is 0 Å². The fourth-order valence-corrected chi connectivity index (χ4v) is 3.03. The van der Waals surface area contributed by atoms with Crippen LogP contribution < -0.4 is 0 Å². The van der Waals surface area contributed by atoms with Crippen molar-refractivity contribution in [2.75, 3.05) is 20.1 Å². The number of likely N-dealkylation sites (N-methyl/N-ethyl adjacent to an activating group) is 1. The minimum atomic E-state index is 0.0491. The highest BCUT2D eigenvalue weighted by molar-refractivity contribution is 6.13. The summed E-state index contributed by atoms with van der Waals surface area (Å²) in [6.45, 7) is 1.39. The average molecular weight is 353 g/mol. The van der Waals surface area contributed by atoms with Crippen LogP contribution in [0.5, 0.6) is 0 Å². The first kappa shape index (κ1) is 18.3. The van der Waals surface area contributed by atoms with Gasteiger partial charge in [-0.25, -0.2) is 0 Å². The number of nitriles is 2. The SMILES string of the molecule is CN1CC/C(=C/c2ccc(C#N)cc2)C(=O)/C(=C/c2ccc(C#N)cc2)C1. The largest absolute Gasteiger partial charge is 0.302 e. The van der Waals surface area contributed by atoms with Gasteiger partial charge < -0.3 is 4.90 Å². The number of nitrogens with zero attached hydrogens (tertiary/aromatic N) is 3. The van der Waals surface area contributed by atoms with Gasteiger partial charge in [0, 0.05) is 24.2 Å². The van der Waals surface area contributed by atoms with Crippen LogP contribution >= 0.6 is 0 Å². The summed E-state index contributed by atoms with van der Waals surface area (Å²) in [6.07, 6.45) is 4.49. The molecule has 2 aromatic carbocycles. The molecule has 132 valence electrons. The van der Waals surface area contributed by atoms with E-state index in [1.807, 2.05) is 43.5 Å². The second-order valence-corrected chi connectivity index (χ2v) is 6.62. The first-order valence-corrected chi connectivity index (χ1v) is 8.74. The summed E-state index contributed by atoms with van der Waals surface area (Å²) < 4.78 is 0. The molecule has 1 fully saturated rings. The molecule has 0 aliphatic carbocycles. The van der Waals surface area contributed by atoms with E-state index in [0.717, 1.165) is 28.8 Å². The Morgan fingerprint density at radius 2 is 1.33 bits per heavy atom. The molecule has 2 aromatic rings. The Balaban J connectivity index is 1.93. The summed E-state index contributed by atoms with van der Waals surface area (Å²) >= 11 is 0. The molecule has 1 saturated heterocycles. The molecule has 1 aliphatic heterocycles. The van der Waals surface area contributed by atoms with Crippen molar-refractivity contribution in [3.05, 3.63) is 81.9 Å². The highest BCUT2D eigenvalue weighted by Gasteiger charge is 2.21. The van der Waals surface area contributed by atoms with E-state index in [2.05, 4.69) is 17.0 Å². The summed E-state index contributed by atoms with van der Waals surface area (Å²) in [6, 6.07) is 18.7. The van der Waals surface area contributed by atoms with Crippen molar-refractivity contribution in [1.82, 2.24) is 4.90 Å². The zero-order chi connectivity index (χ0) is 19.2. The van der Waals surface area contributed by atoms with Crippen LogP contribution in [0.3, 0.4) is 0 Å².